The number of benzene rings is 10. The van der Waals surface area contributed by atoms with Crippen molar-refractivity contribution in [2.24, 2.45) is 0 Å². The van der Waals surface area contributed by atoms with Gasteiger partial charge in [-0.25, -0.2) is 0 Å². The topological polar surface area (TPSA) is 58.9 Å². The average Bonchev–Trinajstić information content (AvgIpc) is 3.41. The summed E-state index contributed by atoms with van der Waals surface area (Å²) in [6.45, 7) is 4.69. The molecule has 2 N–H and O–H groups in total. The predicted octanol–water partition coefficient (Wildman–Crippen LogP) is 16.7. The summed E-state index contributed by atoms with van der Waals surface area (Å²) in [6.07, 6.45) is 5.31. The van der Waals surface area contributed by atoms with Crippen molar-refractivity contribution in [1.82, 2.24) is 0 Å². The van der Waals surface area contributed by atoms with Gasteiger partial charge in [0, 0.05) is 27.7 Å². The van der Waals surface area contributed by atoms with E-state index in [0.29, 0.717) is 0 Å². The van der Waals surface area contributed by atoms with Gasteiger partial charge in [0.2, 0.25) is 0 Å². The molecule has 10 aromatic rings. The van der Waals surface area contributed by atoms with E-state index in [0.717, 1.165) is 140 Å². The molecule has 0 bridgehead atoms. The van der Waals surface area contributed by atoms with Crippen LogP contribution in [-0.4, -0.2) is 34.6 Å². The largest absolute Gasteiger partial charge is 0.486 e. The Morgan fingerprint density at radius 3 is 0.887 bits per heavy atom. The van der Waals surface area contributed by atoms with Crippen LogP contribution in [0.2, 0.25) is 0 Å². The van der Waals surface area contributed by atoms with E-state index in [9.17, 15) is 10.2 Å². The monoisotopic (exact) mass is 928 g/mol. The molecule has 0 heterocycles. The SMILES string of the molecule is CC(C)(c1cc(-c2ccc3ccccc3c2)c(OC2CCCCC2O)c(-c2ccc3ccccc3c2)c1)c1cc(-c2ccc3ccccc3c2)c(OC2CCCCC2O)c(-c2ccc3ccccc3c2)c1. The molecule has 4 nitrogen and oxygen atoms in total. The lowest BCUT2D eigenvalue weighted by Crippen LogP contribution is -2.35. The standard InChI is InChI=1S/C67H60O4/c1-67(2,55-39-57(51-31-27-43-15-3-7-19-47(43)35-51)65(70-63-25-13-11-23-61(63)68)58(40-55)52-32-28-44-16-4-8-20-48(44)36-52)56-41-59(53-33-29-45-17-5-9-21-49(45)37-53)66(71-64-26-14-12-24-62(64)69)60(42-56)54-34-30-46-18-6-10-22-50(46)38-54/h3-10,15-22,27-42,61-64,68-69H,11-14,23-26H2,1-2H3. The van der Waals surface area contributed by atoms with Gasteiger partial charge in [-0.2, -0.15) is 0 Å². The van der Waals surface area contributed by atoms with Crippen LogP contribution in [0.5, 0.6) is 11.5 Å². The summed E-state index contributed by atoms with van der Waals surface area (Å²) in [4.78, 5) is 0. The lowest BCUT2D eigenvalue weighted by molar-refractivity contribution is 0.00747. The van der Waals surface area contributed by atoms with Gasteiger partial charge in [0.05, 0.1) is 12.2 Å². The summed E-state index contributed by atoms with van der Waals surface area (Å²) in [5, 5.41) is 32.4. The molecule has 0 spiro atoms. The number of hydrogen-bond donors (Lipinski definition) is 2. The van der Waals surface area contributed by atoms with E-state index in [1.807, 2.05) is 0 Å². The van der Waals surface area contributed by atoms with Gasteiger partial charge in [0.15, 0.2) is 0 Å². The molecule has 0 amide bonds. The highest BCUT2D eigenvalue weighted by molar-refractivity contribution is 5.96. The fraction of sp³-hybridized carbons (Fsp3) is 0.224. The van der Waals surface area contributed by atoms with Crippen molar-refractivity contribution in [2.45, 2.75) is 95.0 Å². The highest BCUT2D eigenvalue weighted by Gasteiger charge is 2.34. The molecule has 2 saturated carbocycles. The van der Waals surface area contributed by atoms with E-state index in [2.05, 4.69) is 208 Å². The van der Waals surface area contributed by atoms with Crippen molar-refractivity contribution in [2.75, 3.05) is 0 Å². The fourth-order valence-corrected chi connectivity index (χ4v) is 11.4. The van der Waals surface area contributed by atoms with Crippen molar-refractivity contribution < 1.29 is 19.7 Å². The minimum atomic E-state index is -0.583. The van der Waals surface area contributed by atoms with Gasteiger partial charge in [-0.15, -0.1) is 0 Å². The second-order valence-corrected chi connectivity index (χ2v) is 20.7. The van der Waals surface area contributed by atoms with Crippen molar-refractivity contribution in [3.63, 3.8) is 0 Å². The molecule has 12 rings (SSSR count). The first kappa shape index (κ1) is 44.9. The van der Waals surface area contributed by atoms with E-state index in [4.69, 9.17) is 9.47 Å². The van der Waals surface area contributed by atoms with E-state index < -0.39 is 17.6 Å². The van der Waals surface area contributed by atoms with Crippen LogP contribution in [0.1, 0.15) is 76.3 Å². The lowest BCUT2D eigenvalue weighted by Gasteiger charge is -2.34. The third kappa shape index (κ3) is 8.75. The summed E-state index contributed by atoms with van der Waals surface area (Å²) in [5.74, 6) is 1.59. The molecule has 4 heteroatoms. The Bertz CT molecular complexity index is 3170. The van der Waals surface area contributed by atoms with Crippen molar-refractivity contribution in [3.05, 3.63) is 205 Å². The van der Waals surface area contributed by atoms with Crippen LogP contribution in [-0.2, 0) is 5.41 Å². The van der Waals surface area contributed by atoms with Crippen molar-refractivity contribution in [1.29, 1.82) is 0 Å². The zero-order valence-electron chi connectivity index (χ0n) is 40.7. The predicted molar refractivity (Wildman–Crippen MR) is 295 cm³/mol. The molecule has 71 heavy (non-hydrogen) atoms. The molecular formula is C67H60O4. The molecule has 10 aromatic carbocycles. The second-order valence-electron chi connectivity index (χ2n) is 20.7. The zero-order valence-corrected chi connectivity index (χ0v) is 40.7. The Kier molecular flexibility index (Phi) is 11.9. The van der Waals surface area contributed by atoms with E-state index >= 15 is 0 Å². The minimum Gasteiger partial charge on any atom is -0.486 e. The van der Waals surface area contributed by atoms with Gasteiger partial charge in [-0.3, -0.25) is 0 Å². The fourth-order valence-electron chi connectivity index (χ4n) is 11.4. The molecule has 2 fully saturated rings. The van der Waals surface area contributed by atoms with Crippen LogP contribution in [0.3, 0.4) is 0 Å². The van der Waals surface area contributed by atoms with Crippen molar-refractivity contribution >= 4 is 43.1 Å². The van der Waals surface area contributed by atoms with Crippen molar-refractivity contribution in [3.8, 4) is 56.0 Å². The molecule has 0 aliphatic heterocycles. The lowest BCUT2D eigenvalue weighted by atomic mass is 9.74. The summed E-state index contributed by atoms with van der Waals surface area (Å²) in [6, 6.07) is 70.5. The van der Waals surface area contributed by atoms with Gasteiger partial charge < -0.3 is 19.7 Å². The minimum absolute atomic E-state index is 0.328. The Morgan fingerprint density at radius 2 is 0.606 bits per heavy atom. The van der Waals surface area contributed by atoms with Gasteiger partial charge in [0.1, 0.15) is 23.7 Å². The zero-order chi connectivity index (χ0) is 48.1. The van der Waals surface area contributed by atoms with Crippen LogP contribution in [0.15, 0.2) is 194 Å². The average molecular weight is 929 g/mol. The Hall–Kier alpha value is -7.24. The quantitative estimate of drug-likeness (QED) is 0.143. The molecule has 4 atom stereocenters. The maximum atomic E-state index is 11.5. The van der Waals surface area contributed by atoms with Crippen LogP contribution < -0.4 is 9.47 Å². The molecule has 4 unspecified atom stereocenters. The van der Waals surface area contributed by atoms with E-state index in [1.165, 1.54) is 21.5 Å². The highest BCUT2D eigenvalue weighted by Crippen LogP contribution is 2.50. The van der Waals surface area contributed by atoms with Gasteiger partial charge in [0.25, 0.3) is 0 Å². The second kappa shape index (κ2) is 18.8. The maximum Gasteiger partial charge on any atom is 0.135 e. The Balaban J connectivity index is 1.13. The molecule has 2 aliphatic carbocycles. The first-order valence-corrected chi connectivity index (χ1v) is 25.8. The highest BCUT2D eigenvalue weighted by atomic mass is 16.5. The smallest absolute Gasteiger partial charge is 0.135 e. The first-order valence-electron chi connectivity index (χ1n) is 25.8. The third-order valence-electron chi connectivity index (χ3n) is 15.7. The van der Waals surface area contributed by atoms with Gasteiger partial charge >= 0.3 is 0 Å². The normalized spacial score (nSPS) is 18.5. The first-order chi connectivity index (χ1) is 34.7. The number of fused-ring (bicyclic) bond motifs is 4. The summed E-state index contributed by atoms with van der Waals surface area (Å²) in [7, 11) is 0. The molecule has 352 valence electrons. The molecular weight excluding hydrogens is 869 g/mol. The number of hydrogen-bond acceptors (Lipinski definition) is 4. The van der Waals surface area contributed by atoms with Gasteiger partial charge in [-0.05, 0) is 164 Å². The maximum absolute atomic E-state index is 11.5. The van der Waals surface area contributed by atoms with E-state index in [-0.39, 0.29) is 12.2 Å². The molecule has 0 saturated heterocycles. The number of ether oxygens (including phenoxy) is 2. The number of aliphatic hydroxyl groups is 2. The summed E-state index contributed by atoms with van der Waals surface area (Å²) in [5.41, 5.74) is 9.92. The van der Waals surface area contributed by atoms with Crippen LogP contribution in [0, 0.1) is 0 Å². The molecule has 2 aliphatic rings. The van der Waals surface area contributed by atoms with Gasteiger partial charge in [-0.1, -0.05) is 172 Å². The summed E-state index contributed by atoms with van der Waals surface area (Å²) >= 11 is 0. The number of rotatable bonds is 10. The van der Waals surface area contributed by atoms with Crippen LogP contribution >= 0.6 is 0 Å². The summed E-state index contributed by atoms with van der Waals surface area (Å²) < 4.78 is 14.5. The Morgan fingerprint density at radius 1 is 0.338 bits per heavy atom. The molecule has 0 aromatic heterocycles. The molecule has 0 radical (unpaired) electrons. The van der Waals surface area contributed by atoms with Crippen LogP contribution in [0.25, 0.3) is 87.6 Å². The Labute approximate surface area is 417 Å². The third-order valence-corrected chi connectivity index (χ3v) is 15.7. The van der Waals surface area contributed by atoms with E-state index in [1.54, 1.807) is 0 Å². The van der Waals surface area contributed by atoms with Crippen LogP contribution in [0.4, 0.5) is 0 Å². The number of aliphatic hydroxyl groups excluding tert-OH is 2.